The van der Waals surface area contributed by atoms with Crippen LogP contribution in [0.25, 0.3) is 0 Å². The molecule has 0 saturated heterocycles. The lowest BCUT2D eigenvalue weighted by Crippen LogP contribution is -2.26. The number of hydrogen-bond acceptors (Lipinski definition) is 3. The summed E-state index contributed by atoms with van der Waals surface area (Å²) in [5.74, 6) is 0.503. The van der Waals surface area contributed by atoms with Crippen molar-refractivity contribution in [1.29, 1.82) is 0 Å². The first-order valence-electron chi connectivity index (χ1n) is 7.28. The summed E-state index contributed by atoms with van der Waals surface area (Å²) in [6, 6.07) is 16.9. The zero-order chi connectivity index (χ0) is 16.0. The molecule has 2 aromatic rings. The van der Waals surface area contributed by atoms with Gasteiger partial charge in [-0.15, -0.1) is 0 Å². The first kappa shape index (κ1) is 15.9. The quantitative estimate of drug-likeness (QED) is 0.879. The van der Waals surface area contributed by atoms with Gasteiger partial charge in [-0.25, -0.2) is 0 Å². The van der Waals surface area contributed by atoms with Crippen LogP contribution in [0.1, 0.15) is 20.8 Å². The van der Waals surface area contributed by atoms with Gasteiger partial charge in [-0.05, 0) is 57.2 Å². The molecule has 0 fully saturated rings. The summed E-state index contributed by atoms with van der Waals surface area (Å²) in [6.07, 6.45) is 0. The molecule has 22 heavy (non-hydrogen) atoms. The number of carbonyl (C=O) groups is 1. The van der Waals surface area contributed by atoms with E-state index >= 15 is 0 Å². The van der Waals surface area contributed by atoms with E-state index in [0.29, 0.717) is 5.75 Å². The van der Waals surface area contributed by atoms with Crippen molar-refractivity contribution in [2.24, 2.45) is 0 Å². The summed E-state index contributed by atoms with van der Waals surface area (Å²) >= 11 is 0. The Morgan fingerprint density at radius 1 is 0.955 bits per heavy atom. The molecule has 2 N–H and O–H groups in total. The van der Waals surface area contributed by atoms with Gasteiger partial charge >= 0.3 is 0 Å². The van der Waals surface area contributed by atoms with Crippen LogP contribution in [0.2, 0.25) is 0 Å². The molecule has 0 aromatic heterocycles. The Labute approximate surface area is 131 Å². The van der Waals surface area contributed by atoms with Crippen LogP contribution in [-0.2, 0) is 4.79 Å². The van der Waals surface area contributed by atoms with Gasteiger partial charge in [-0.1, -0.05) is 18.2 Å². The minimum atomic E-state index is -0.180. The lowest BCUT2D eigenvalue weighted by molar-refractivity contribution is -0.118. The molecule has 0 unspecified atom stereocenters. The number of ether oxygens (including phenoxy) is 1. The predicted molar refractivity (Wildman–Crippen MR) is 90.4 cm³/mol. The fraction of sp³-hybridized carbons (Fsp3) is 0.278. The van der Waals surface area contributed by atoms with E-state index in [4.69, 9.17) is 4.74 Å². The molecule has 4 nitrogen and oxygen atoms in total. The second-order valence-corrected chi connectivity index (χ2v) is 6.10. The molecular weight excluding hydrogens is 276 g/mol. The summed E-state index contributed by atoms with van der Waals surface area (Å²) in [7, 11) is 0. The Morgan fingerprint density at radius 2 is 1.55 bits per heavy atom. The molecule has 0 heterocycles. The Bertz CT molecular complexity index is 601. The zero-order valence-electron chi connectivity index (χ0n) is 13.2. The molecule has 0 aliphatic heterocycles. The van der Waals surface area contributed by atoms with Crippen molar-refractivity contribution < 1.29 is 9.53 Å². The average Bonchev–Trinajstić information content (AvgIpc) is 2.47. The first-order valence-corrected chi connectivity index (χ1v) is 7.28. The smallest absolute Gasteiger partial charge is 0.262 e. The summed E-state index contributed by atoms with van der Waals surface area (Å²) in [4.78, 5) is 11.8. The lowest BCUT2D eigenvalue weighted by atomic mass is 10.1. The molecule has 0 radical (unpaired) electrons. The summed E-state index contributed by atoms with van der Waals surface area (Å²) in [5.41, 5.74) is 1.78. The van der Waals surface area contributed by atoms with Crippen molar-refractivity contribution in [3.63, 3.8) is 0 Å². The molecule has 0 atom stereocenters. The van der Waals surface area contributed by atoms with Gasteiger partial charge in [0.2, 0.25) is 0 Å². The minimum absolute atomic E-state index is 0.00793. The highest BCUT2D eigenvalue weighted by atomic mass is 16.5. The maximum Gasteiger partial charge on any atom is 0.262 e. The lowest BCUT2D eigenvalue weighted by Gasteiger charge is -2.22. The molecule has 0 saturated carbocycles. The second-order valence-electron chi connectivity index (χ2n) is 6.10. The van der Waals surface area contributed by atoms with Crippen molar-refractivity contribution >= 4 is 17.3 Å². The van der Waals surface area contributed by atoms with Crippen LogP contribution in [0.5, 0.6) is 5.75 Å². The van der Waals surface area contributed by atoms with E-state index in [2.05, 4.69) is 31.4 Å². The molecule has 0 aliphatic rings. The molecule has 4 heteroatoms. The maximum absolute atomic E-state index is 11.8. The van der Waals surface area contributed by atoms with Crippen molar-refractivity contribution in [1.82, 2.24) is 0 Å². The van der Waals surface area contributed by atoms with Crippen molar-refractivity contribution in [3.05, 3.63) is 54.6 Å². The summed E-state index contributed by atoms with van der Waals surface area (Å²) in [6.45, 7) is 6.29. The molecule has 2 aromatic carbocycles. The van der Waals surface area contributed by atoms with Gasteiger partial charge < -0.3 is 15.4 Å². The van der Waals surface area contributed by atoms with Gasteiger partial charge in [0.1, 0.15) is 5.75 Å². The van der Waals surface area contributed by atoms with Gasteiger partial charge in [0.25, 0.3) is 5.91 Å². The molecule has 1 amide bonds. The van der Waals surface area contributed by atoms with Gasteiger partial charge in [0.05, 0.1) is 0 Å². The highest BCUT2D eigenvalue weighted by Crippen LogP contribution is 2.17. The van der Waals surface area contributed by atoms with E-state index in [9.17, 15) is 4.79 Å². The van der Waals surface area contributed by atoms with Gasteiger partial charge in [0.15, 0.2) is 6.61 Å². The van der Waals surface area contributed by atoms with E-state index in [1.807, 2.05) is 54.6 Å². The number of carbonyl (C=O) groups excluding carboxylic acids is 1. The fourth-order valence-electron chi connectivity index (χ4n) is 1.93. The number of rotatable bonds is 5. The van der Waals surface area contributed by atoms with Crippen LogP contribution in [0.3, 0.4) is 0 Å². The predicted octanol–water partition coefficient (Wildman–Crippen LogP) is 3.91. The number of nitrogens with one attached hydrogen (secondary N) is 2. The Kier molecular flexibility index (Phi) is 5.04. The van der Waals surface area contributed by atoms with Crippen molar-refractivity contribution in [2.75, 3.05) is 17.2 Å². The molecule has 2 rings (SSSR count). The van der Waals surface area contributed by atoms with Crippen molar-refractivity contribution in [3.8, 4) is 5.75 Å². The SMILES string of the molecule is CC(C)(C)Nc1ccc(NC(=O)COc2ccccc2)cc1. The van der Waals surface area contributed by atoms with Crippen LogP contribution < -0.4 is 15.4 Å². The molecule has 0 aliphatic carbocycles. The Balaban J connectivity index is 1.84. The van der Waals surface area contributed by atoms with E-state index < -0.39 is 0 Å². The normalized spacial score (nSPS) is 10.9. The van der Waals surface area contributed by atoms with Crippen LogP contribution in [0.4, 0.5) is 11.4 Å². The van der Waals surface area contributed by atoms with Gasteiger partial charge in [0, 0.05) is 16.9 Å². The number of hydrogen-bond donors (Lipinski definition) is 2. The van der Waals surface area contributed by atoms with Crippen molar-refractivity contribution in [2.45, 2.75) is 26.3 Å². The highest BCUT2D eigenvalue weighted by Gasteiger charge is 2.09. The largest absolute Gasteiger partial charge is 0.484 e. The van der Waals surface area contributed by atoms with Crippen LogP contribution in [-0.4, -0.2) is 18.1 Å². The van der Waals surface area contributed by atoms with E-state index in [-0.39, 0.29) is 18.1 Å². The fourth-order valence-corrected chi connectivity index (χ4v) is 1.93. The maximum atomic E-state index is 11.8. The monoisotopic (exact) mass is 298 g/mol. The van der Waals surface area contributed by atoms with Crippen LogP contribution in [0, 0.1) is 0 Å². The third-order valence-electron chi connectivity index (χ3n) is 2.80. The standard InChI is InChI=1S/C18H22N2O2/c1-18(2,3)20-15-11-9-14(10-12-15)19-17(21)13-22-16-7-5-4-6-8-16/h4-12,20H,13H2,1-3H3,(H,19,21). The van der Waals surface area contributed by atoms with E-state index in [0.717, 1.165) is 11.4 Å². The highest BCUT2D eigenvalue weighted by molar-refractivity contribution is 5.92. The number of para-hydroxylation sites is 1. The third kappa shape index (κ3) is 5.48. The van der Waals surface area contributed by atoms with E-state index in [1.54, 1.807) is 0 Å². The molecule has 0 bridgehead atoms. The van der Waals surface area contributed by atoms with Crippen LogP contribution in [0.15, 0.2) is 54.6 Å². The number of amides is 1. The second kappa shape index (κ2) is 6.98. The molecular formula is C18H22N2O2. The Hall–Kier alpha value is -2.49. The third-order valence-corrected chi connectivity index (χ3v) is 2.80. The van der Waals surface area contributed by atoms with Gasteiger partial charge in [-0.2, -0.15) is 0 Å². The zero-order valence-corrected chi connectivity index (χ0v) is 13.2. The molecule has 0 spiro atoms. The Morgan fingerprint density at radius 3 is 2.14 bits per heavy atom. The molecule has 116 valence electrons. The summed E-state index contributed by atoms with van der Waals surface area (Å²) < 4.78 is 5.41. The number of anilines is 2. The van der Waals surface area contributed by atoms with E-state index in [1.165, 1.54) is 0 Å². The summed E-state index contributed by atoms with van der Waals surface area (Å²) in [5, 5.41) is 6.18. The number of benzene rings is 2. The first-order chi connectivity index (χ1) is 10.4. The topological polar surface area (TPSA) is 50.4 Å². The van der Waals surface area contributed by atoms with Gasteiger partial charge in [-0.3, -0.25) is 4.79 Å². The van der Waals surface area contributed by atoms with Crippen LogP contribution >= 0.6 is 0 Å². The minimum Gasteiger partial charge on any atom is -0.484 e. The average molecular weight is 298 g/mol.